The van der Waals surface area contributed by atoms with E-state index in [2.05, 4.69) is 21.2 Å². The number of halogens is 2. The van der Waals surface area contributed by atoms with Crippen molar-refractivity contribution in [3.8, 4) is 5.75 Å². The van der Waals surface area contributed by atoms with Crippen LogP contribution in [0.25, 0.3) is 0 Å². The van der Waals surface area contributed by atoms with Crippen molar-refractivity contribution in [2.45, 2.75) is 6.92 Å². The van der Waals surface area contributed by atoms with Gasteiger partial charge in [0.2, 0.25) is 5.91 Å². The molecule has 0 saturated carbocycles. The summed E-state index contributed by atoms with van der Waals surface area (Å²) in [4.78, 5) is 11.5. The molecule has 0 radical (unpaired) electrons. The molecule has 0 spiro atoms. The second kappa shape index (κ2) is 4.02. The number of carbonyl (C=O) groups is 1. The van der Waals surface area contributed by atoms with Crippen LogP contribution in [0, 0.1) is 5.92 Å². The van der Waals surface area contributed by atoms with Crippen LogP contribution in [0.4, 0.5) is 5.69 Å². The summed E-state index contributed by atoms with van der Waals surface area (Å²) in [5.74, 6) is 0.420. The zero-order chi connectivity index (χ0) is 11.0. The van der Waals surface area contributed by atoms with Gasteiger partial charge in [0.05, 0.1) is 22.7 Å². The van der Waals surface area contributed by atoms with E-state index in [-0.39, 0.29) is 11.8 Å². The Hall–Kier alpha value is -0.740. The highest BCUT2D eigenvalue weighted by Gasteiger charge is 2.22. The Morgan fingerprint density at radius 2 is 2.33 bits per heavy atom. The molecule has 1 N–H and O–H groups in total. The van der Waals surface area contributed by atoms with Crippen molar-refractivity contribution in [2.24, 2.45) is 5.92 Å². The average Bonchev–Trinajstić information content (AvgIpc) is 2.27. The van der Waals surface area contributed by atoms with Crippen LogP contribution in [0.1, 0.15) is 6.92 Å². The van der Waals surface area contributed by atoms with Crippen molar-refractivity contribution in [3.05, 3.63) is 21.6 Å². The number of anilines is 1. The maximum absolute atomic E-state index is 11.5. The van der Waals surface area contributed by atoms with E-state index < -0.39 is 0 Å². The fraction of sp³-hybridized carbons (Fsp3) is 0.300. The van der Waals surface area contributed by atoms with Crippen LogP contribution in [-0.4, -0.2) is 12.5 Å². The normalized spacial score (nSPS) is 19.9. The molecule has 1 heterocycles. The van der Waals surface area contributed by atoms with Crippen molar-refractivity contribution >= 4 is 39.1 Å². The summed E-state index contributed by atoms with van der Waals surface area (Å²) in [6, 6.07) is 3.42. The molecule has 0 saturated heterocycles. The van der Waals surface area contributed by atoms with E-state index in [9.17, 15) is 4.79 Å². The van der Waals surface area contributed by atoms with Crippen LogP contribution in [-0.2, 0) is 4.79 Å². The van der Waals surface area contributed by atoms with Gasteiger partial charge in [-0.15, -0.1) is 0 Å². The first-order valence-corrected chi connectivity index (χ1v) is 5.67. The molecule has 15 heavy (non-hydrogen) atoms. The Kier molecular flexibility index (Phi) is 2.89. The van der Waals surface area contributed by atoms with Crippen LogP contribution in [0.2, 0.25) is 5.02 Å². The van der Waals surface area contributed by atoms with Gasteiger partial charge in [-0.1, -0.05) is 18.5 Å². The molecule has 1 amide bonds. The molecule has 0 aromatic heterocycles. The molecular formula is C10H9BrClNO2. The Morgan fingerprint density at radius 1 is 1.60 bits per heavy atom. The first kappa shape index (κ1) is 10.8. The zero-order valence-electron chi connectivity index (χ0n) is 8.01. The molecule has 5 heteroatoms. The largest absolute Gasteiger partial charge is 0.489 e. The van der Waals surface area contributed by atoms with E-state index in [4.69, 9.17) is 16.3 Å². The van der Waals surface area contributed by atoms with Crippen molar-refractivity contribution in [2.75, 3.05) is 11.9 Å². The Balaban J connectivity index is 2.47. The summed E-state index contributed by atoms with van der Waals surface area (Å²) < 4.78 is 6.28. The smallest absolute Gasteiger partial charge is 0.230 e. The standard InChI is InChI=1S/C10H9BrClNO2/c1-5-4-15-9-7(11)2-6(12)3-8(9)13-10(5)14/h2-3,5H,4H2,1H3,(H,13,14). The highest BCUT2D eigenvalue weighted by atomic mass is 79.9. The summed E-state index contributed by atoms with van der Waals surface area (Å²) in [5, 5.41) is 3.33. The van der Waals surface area contributed by atoms with Gasteiger partial charge in [0, 0.05) is 5.02 Å². The van der Waals surface area contributed by atoms with Gasteiger partial charge < -0.3 is 10.1 Å². The summed E-state index contributed by atoms with van der Waals surface area (Å²) >= 11 is 9.23. The molecule has 0 aliphatic carbocycles. The Bertz CT molecular complexity index is 422. The predicted molar refractivity (Wildman–Crippen MR) is 62.4 cm³/mol. The van der Waals surface area contributed by atoms with Gasteiger partial charge in [-0.05, 0) is 28.1 Å². The summed E-state index contributed by atoms with van der Waals surface area (Å²) in [6.07, 6.45) is 0. The monoisotopic (exact) mass is 289 g/mol. The molecule has 1 unspecified atom stereocenters. The SMILES string of the molecule is CC1COc2c(Br)cc(Cl)cc2NC1=O. The number of amides is 1. The third kappa shape index (κ3) is 2.11. The Labute approximate surface area is 101 Å². The third-order valence-corrected chi connectivity index (χ3v) is 3.00. The molecule has 0 fully saturated rings. The first-order chi connectivity index (χ1) is 7.08. The van der Waals surface area contributed by atoms with Crippen molar-refractivity contribution in [3.63, 3.8) is 0 Å². The van der Waals surface area contributed by atoms with Crippen LogP contribution in [0.15, 0.2) is 16.6 Å². The maximum atomic E-state index is 11.5. The van der Waals surface area contributed by atoms with Gasteiger partial charge in [-0.3, -0.25) is 4.79 Å². The number of fused-ring (bicyclic) bond motifs is 1. The van der Waals surface area contributed by atoms with Crippen molar-refractivity contribution < 1.29 is 9.53 Å². The molecule has 1 aliphatic rings. The van der Waals surface area contributed by atoms with E-state index in [1.807, 2.05) is 6.92 Å². The van der Waals surface area contributed by atoms with E-state index in [0.717, 1.165) is 4.47 Å². The van der Waals surface area contributed by atoms with Gasteiger partial charge >= 0.3 is 0 Å². The first-order valence-electron chi connectivity index (χ1n) is 4.50. The minimum absolute atomic E-state index is 0.0529. The maximum Gasteiger partial charge on any atom is 0.230 e. The average molecular weight is 291 g/mol. The number of benzene rings is 1. The third-order valence-electron chi connectivity index (χ3n) is 2.19. The second-order valence-corrected chi connectivity index (χ2v) is 4.76. The number of ether oxygens (including phenoxy) is 1. The van der Waals surface area contributed by atoms with E-state index in [1.54, 1.807) is 12.1 Å². The lowest BCUT2D eigenvalue weighted by Crippen LogP contribution is -2.21. The summed E-state index contributed by atoms with van der Waals surface area (Å²) in [6.45, 7) is 2.19. The highest BCUT2D eigenvalue weighted by Crippen LogP contribution is 2.38. The van der Waals surface area contributed by atoms with Gasteiger partial charge in [0.15, 0.2) is 5.75 Å². The van der Waals surface area contributed by atoms with Crippen LogP contribution >= 0.6 is 27.5 Å². The Morgan fingerprint density at radius 3 is 3.07 bits per heavy atom. The van der Waals surface area contributed by atoms with E-state index in [0.29, 0.717) is 23.1 Å². The lowest BCUT2D eigenvalue weighted by molar-refractivity contribution is -0.119. The van der Waals surface area contributed by atoms with E-state index >= 15 is 0 Å². The zero-order valence-corrected chi connectivity index (χ0v) is 10.4. The van der Waals surface area contributed by atoms with Gasteiger partial charge in [0.1, 0.15) is 0 Å². The number of hydrogen-bond donors (Lipinski definition) is 1. The molecule has 2 rings (SSSR count). The van der Waals surface area contributed by atoms with Crippen LogP contribution in [0.5, 0.6) is 5.75 Å². The lowest BCUT2D eigenvalue weighted by Gasteiger charge is -2.09. The molecule has 0 bridgehead atoms. The topological polar surface area (TPSA) is 38.3 Å². The van der Waals surface area contributed by atoms with E-state index in [1.165, 1.54) is 0 Å². The molecule has 1 atom stereocenters. The number of rotatable bonds is 0. The van der Waals surface area contributed by atoms with Gasteiger partial charge in [0.25, 0.3) is 0 Å². The minimum Gasteiger partial charge on any atom is -0.489 e. The quantitative estimate of drug-likeness (QED) is 0.797. The lowest BCUT2D eigenvalue weighted by atomic mass is 10.2. The molecular weight excluding hydrogens is 281 g/mol. The fourth-order valence-corrected chi connectivity index (χ4v) is 2.26. The second-order valence-electron chi connectivity index (χ2n) is 3.47. The van der Waals surface area contributed by atoms with Crippen LogP contribution < -0.4 is 10.1 Å². The molecule has 1 aromatic rings. The van der Waals surface area contributed by atoms with Gasteiger partial charge in [-0.2, -0.15) is 0 Å². The van der Waals surface area contributed by atoms with Crippen LogP contribution in [0.3, 0.4) is 0 Å². The molecule has 80 valence electrons. The molecule has 1 aliphatic heterocycles. The summed E-state index contributed by atoms with van der Waals surface area (Å²) in [5.41, 5.74) is 0.615. The number of carbonyl (C=O) groups excluding carboxylic acids is 1. The number of nitrogens with one attached hydrogen (secondary N) is 1. The van der Waals surface area contributed by atoms with Crippen molar-refractivity contribution in [1.82, 2.24) is 0 Å². The van der Waals surface area contributed by atoms with Gasteiger partial charge in [-0.25, -0.2) is 0 Å². The van der Waals surface area contributed by atoms with Crippen molar-refractivity contribution in [1.29, 1.82) is 0 Å². The predicted octanol–water partition coefficient (Wildman–Crippen LogP) is 3.07. The fourth-order valence-electron chi connectivity index (χ4n) is 1.34. The highest BCUT2D eigenvalue weighted by molar-refractivity contribution is 9.10. The molecule has 1 aromatic carbocycles. The summed E-state index contributed by atoms with van der Waals surface area (Å²) in [7, 11) is 0. The minimum atomic E-state index is -0.164. The number of hydrogen-bond acceptors (Lipinski definition) is 2. The molecule has 3 nitrogen and oxygen atoms in total.